The number of carboxylic acids is 1. The van der Waals surface area contributed by atoms with Gasteiger partial charge in [-0.2, -0.15) is 0 Å². The lowest BCUT2D eigenvalue weighted by Gasteiger charge is -2.03. The summed E-state index contributed by atoms with van der Waals surface area (Å²) in [6, 6.07) is 9.19. The van der Waals surface area contributed by atoms with E-state index in [0.717, 1.165) is 39.8 Å². The fourth-order valence-corrected chi connectivity index (χ4v) is 2.70. The minimum Gasteiger partial charge on any atom is -0.478 e. The highest BCUT2D eigenvalue weighted by atomic mass is 16.4. The molecule has 3 aromatic rings. The molecule has 21 heavy (non-hydrogen) atoms. The van der Waals surface area contributed by atoms with Crippen molar-refractivity contribution in [1.29, 1.82) is 0 Å². The normalized spacial score (nSPS) is 11.0. The van der Waals surface area contributed by atoms with Gasteiger partial charge in [0, 0.05) is 34.1 Å². The van der Waals surface area contributed by atoms with Gasteiger partial charge in [-0.15, -0.1) is 0 Å². The van der Waals surface area contributed by atoms with E-state index in [9.17, 15) is 4.79 Å². The molecule has 0 aliphatic rings. The topological polar surface area (TPSA) is 66.0 Å². The molecule has 0 saturated heterocycles. The first-order valence-corrected chi connectivity index (χ1v) is 6.91. The molecular weight excluding hydrogens is 264 g/mol. The summed E-state index contributed by atoms with van der Waals surface area (Å²) in [5.74, 6) is -0.901. The van der Waals surface area contributed by atoms with E-state index in [1.807, 2.05) is 25.1 Å². The predicted octanol–water partition coefficient (Wildman–Crippen LogP) is 3.80. The van der Waals surface area contributed by atoms with Crippen LogP contribution >= 0.6 is 0 Å². The predicted molar refractivity (Wildman–Crippen MR) is 82.6 cm³/mol. The van der Waals surface area contributed by atoms with Crippen LogP contribution in [0.3, 0.4) is 0 Å². The number of rotatable bonds is 3. The fourth-order valence-electron chi connectivity index (χ4n) is 2.70. The first-order chi connectivity index (χ1) is 10.1. The number of nitrogens with one attached hydrogen (secondary N) is 1. The van der Waals surface area contributed by atoms with Crippen molar-refractivity contribution in [2.24, 2.45) is 0 Å². The Balaban J connectivity index is 2.26. The lowest BCUT2D eigenvalue weighted by Crippen LogP contribution is -1.95. The Morgan fingerprint density at radius 3 is 2.76 bits per heavy atom. The van der Waals surface area contributed by atoms with E-state index < -0.39 is 5.97 Å². The molecule has 0 unspecified atom stereocenters. The SMILES string of the molecule is CCc1c(-c2ccnc(C)c2)[nH]c2ccc(C(=O)O)cc12. The van der Waals surface area contributed by atoms with Gasteiger partial charge in [-0.1, -0.05) is 6.92 Å². The first kappa shape index (κ1) is 13.4. The quantitative estimate of drug-likeness (QED) is 0.767. The minimum absolute atomic E-state index is 0.314. The van der Waals surface area contributed by atoms with Gasteiger partial charge < -0.3 is 10.1 Å². The average molecular weight is 280 g/mol. The van der Waals surface area contributed by atoms with Crippen molar-refractivity contribution >= 4 is 16.9 Å². The number of hydrogen-bond acceptors (Lipinski definition) is 2. The van der Waals surface area contributed by atoms with E-state index in [1.54, 1.807) is 18.3 Å². The summed E-state index contributed by atoms with van der Waals surface area (Å²) < 4.78 is 0. The molecule has 2 aromatic heterocycles. The van der Waals surface area contributed by atoms with Crippen LogP contribution in [0.5, 0.6) is 0 Å². The highest BCUT2D eigenvalue weighted by Gasteiger charge is 2.14. The third kappa shape index (κ3) is 2.29. The standard InChI is InChI=1S/C17H16N2O2/c1-3-13-14-9-12(17(20)21)4-5-15(14)19-16(13)11-6-7-18-10(2)8-11/h4-9,19H,3H2,1-2H3,(H,20,21). The third-order valence-corrected chi connectivity index (χ3v) is 3.69. The molecule has 0 spiro atoms. The van der Waals surface area contributed by atoms with E-state index in [4.69, 9.17) is 5.11 Å². The number of aromatic nitrogens is 2. The molecule has 2 N–H and O–H groups in total. The van der Waals surface area contributed by atoms with Crippen LogP contribution in [0.1, 0.15) is 28.5 Å². The molecule has 4 heteroatoms. The molecule has 3 rings (SSSR count). The molecule has 1 aromatic carbocycles. The van der Waals surface area contributed by atoms with Crippen LogP contribution in [0.2, 0.25) is 0 Å². The van der Waals surface area contributed by atoms with Crippen molar-refractivity contribution in [3.63, 3.8) is 0 Å². The van der Waals surface area contributed by atoms with Gasteiger partial charge in [0.15, 0.2) is 0 Å². The van der Waals surface area contributed by atoms with E-state index in [1.165, 1.54) is 0 Å². The number of aromatic carboxylic acids is 1. The molecule has 106 valence electrons. The molecule has 4 nitrogen and oxygen atoms in total. The number of nitrogens with zero attached hydrogens (tertiary/aromatic N) is 1. The highest BCUT2D eigenvalue weighted by molar-refractivity contribution is 5.97. The Morgan fingerprint density at radius 1 is 1.29 bits per heavy atom. The average Bonchev–Trinajstić information content (AvgIpc) is 2.84. The van der Waals surface area contributed by atoms with Gasteiger partial charge >= 0.3 is 5.97 Å². The molecule has 2 heterocycles. The molecule has 0 bridgehead atoms. The minimum atomic E-state index is -0.901. The zero-order valence-electron chi connectivity index (χ0n) is 12.0. The van der Waals surface area contributed by atoms with E-state index in [0.29, 0.717) is 5.56 Å². The lowest BCUT2D eigenvalue weighted by atomic mass is 10.0. The number of H-pyrrole nitrogens is 1. The fraction of sp³-hybridized carbons (Fsp3) is 0.176. The Labute approximate surface area is 122 Å². The zero-order chi connectivity index (χ0) is 15.0. The van der Waals surface area contributed by atoms with Crippen molar-refractivity contribution in [3.05, 3.63) is 53.3 Å². The number of pyridine rings is 1. The van der Waals surface area contributed by atoms with Gasteiger partial charge in [0.2, 0.25) is 0 Å². The smallest absolute Gasteiger partial charge is 0.335 e. The second-order valence-corrected chi connectivity index (χ2v) is 5.08. The van der Waals surface area contributed by atoms with Crippen LogP contribution in [0.15, 0.2) is 36.5 Å². The maximum Gasteiger partial charge on any atom is 0.335 e. The maximum atomic E-state index is 11.1. The van der Waals surface area contributed by atoms with Gasteiger partial charge in [-0.25, -0.2) is 4.79 Å². The molecule has 0 aliphatic heterocycles. The van der Waals surface area contributed by atoms with Crippen molar-refractivity contribution < 1.29 is 9.90 Å². The molecule has 0 radical (unpaired) electrons. The van der Waals surface area contributed by atoms with Crippen LogP contribution in [0.4, 0.5) is 0 Å². The molecule has 0 atom stereocenters. The zero-order valence-corrected chi connectivity index (χ0v) is 12.0. The summed E-state index contributed by atoms with van der Waals surface area (Å²) in [6.45, 7) is 4.04. The number of hydrogen-bond donors (Lipinski definition) is 2. The Hall–Kier alpha value is -2.62. The molecule has 0 fully saturated rings. The summed E-state index contributed by atoms with van der Waals surface area (Å²) in [5.41, 5.74) is 5.49. The van der Waals surface area contributed by atoms with Gasteiger partial charge in [0.25, 0.3) is 0 Å². The highest BCUT2D eigenvalue weighted by Crippen LogP contribution is 2.31. The maximum absolute atomic E-state index is 11.1. The monoisotopic (exact) mass is 280 g/mol. The molecule has 0 amide bonds. The second-order valence-electron chi connectivity index (χ2n) is 5.08. The van der Waals surface area contributed by atoms with Crippen molar-refractivity contribution in [2.75, 3.05) is 0 Å². The van der Waals surface area contributed by atoms with Gasteiger partial charge in [0.05, 0.1) is 5.56 Å². The summed E-state index contributed by atoms with van der Waals surface area (Å²) in [5, 5.41) is 10.1. The molecular formula is C17H16N2O2. The lowest BCUT2D eigenvalue weighted by molar-refractivity contribution is 0.0697. The first-order valence-electron chi connectivity index (χ1n) is 6.91. The second kappa shape index (κ2) is 5.05. The summed E-state index contributed by atoms with van der Waals surface area (Å²) >= 11 is 0. The van der Waals surface area contributed by atoms with E-state index in [2.05, 4.69) is 16.9 Å². The number of benzene rings is 1. The van der Waals surface area contributed by atoms with Crippen LogP contribution in [-0.4, -0.2) is 21.0 Å². The van der Waals surface area contributed by atoms with Crippen molar-refractivity contribution in [1.82, 2.24) is 9.97 Å². The van der Waals surface area contributed by atoms with Crippen LogP contribution in [0, 0.1) is 6.92 Å². The Kier molecular flexibility index (Phi) is 3.22. The van der Waals surface area contributed by atoms with Crippen molar-refractivity contribution in [2.45, 2.75) is 20.3 Å². The van der Waals surface area contributed by atoms with Crippen LogP contribution < -0.4 is 0 Å². The summed E-state index contributed by atoms with van der Waals surface area (Å²) in [7, 11) is 0. The van der Waals surface area contributed by atoms with E-state index in [-0.39, 0.29) is 0 Å². The number of carbonyl (C=O) groups is 1. The van der Waals surface area contributed by atoms with Crippen LogP contribution in [-0.2, 0) is 6.42 Å². The summed E-state index contributed by atoms with van der Waals surface area (Å²) in [6.07, 6.45) is 2.62. The Morgan fingerprint density at radius 2 is 2.10 bits per heavy atom. The van der Waals surface area contributed by atoms with Gasteiger partial charge in [-0.05, 0) is 49.2 Å². The van der Waals surface area contributed by atoms with Crippen LogP contribution in [0.25, 0.3) is 22.2 Å². The number of aromatic amines is 1. The summed E-state index contributed by atoms with van der Waals surface area (Å²) in [4.78, 5) is 18.8. The number of carboxylic acid groups (broad SMARTS) is 1. The number of aryl methyl sites for hydroxylation is 2. The molecule has 0 aliphatic carbocycles. The van der Waals surface area contributed by atoms with Gasteiger partial charge in [-0.3, -0.25) is 4.98 Å². The largest absolute Gasteiger partial charge is 0.478 e. The van der Waals surface area contributed by atoms with Gasteiger partial charge in [0.1, 0.15) is 0 Å². The third-order valence-electron chi connectivity index (χ3n) is 3.69. The number of fused-ring (bicyclic) bond motifs is 1. The van der Waals surface area contributed by atoms with Crippen molar-refractivity contribution in [3.8, 4) is 11.3 Å². The molecule has 0 saturated carbocycles. The Bertz CT molecular complexity index is 834. The van der Waals surface area contributed by atoms with E-state index >= 15 is 0 Å².